The summed E-state index contributed by atoms with van der Waals surface area (Å²) in [5.41, 5.74) is 0. The van der Waals surface area contributed by atoms with Crippen LogP contribution in [0.1, 0.15) is 51.9 Å². The van der Waals surface area contributed by atoms with Gasteiger partial charge in [-0.1, -0.05) is 19.8 Å². The number of hydrogen-bond acceptors (Lipinski definition) is 3. The third kappa shape index (κ3) is 3.26. The zero-order valence-corrected chi connectivity index (χ0v) is 11.5. The van der Waals surface area contributed by atoms with Crippen molar-refractivity contribution >= 4 is 11.9 Å². The van der Waals surface area contributed by atoms with Gasteiger partial charge in [0.15, 0.2) is 6.10 Å². The van der Waals surface area contributed by atoms with Gasteiger partial charge < -0.3 is 14.7 Å². The maximum absolute atomic E-state index is 12.5. The largest absolute Gasteiger partial charge is 0.479 e. The number of amides is 1. The molecule has 2 aliphatic rings. The standard InChI is InChI=1S/C14H23NO4/c1-2-10-6-4-3-5-9-15(10)13(16)11-7-8-12(19-11)14(17)18/h10-12H,2-9H2,1H3,(H,17,18)/t10?,11-,12+/m0/s1. The summed E-state index contributed by atoms with van der Waals surface area (Å²) < 4.78 is 5.38. The lowest BCUT2D eigenvalue weighted by Gasteiger charge is -2.31. The van der Waals surface area contributed by atoms with E-state index >= 15 is 0 Å². The average molecular weight is 269 g/mol. The SMILES string of the molecule is CCC1CCCCCN1C(=O)[C@@H]1CC[C@H](C(=O)O)O1. The molecule has 2 aliphatic heterocycles. The van der Waals surface area contributed by atoms with Crippen molar-refractivity contribution in [1.29, 1.82) is 0 Å². The fourth-order valence-corrected chi connectivity index (χ4v) is 3.08. The number of carboxylic acid groups (broad SMARTS) is 1. The normalized spacial score (nSPS) is 32.1. The lowest BCUT2D eigenvalue weighted by atomic mass is 10.1. The van der Waals surface area contributed by atoms with Gasteiger partial charge in [-0.2, -0.15) is 0 Å². The lowest BCUT2D eigenvalue weighted by Crippen LogP contribution is -2.45. The molecule has 0 aromatic rings. The van der Waals surface area contributed by atoms with Crippen molar-refractivity contribution < 1.29 is 19.4 Å². The highest BCUT2D eigenvalue weighted by Gasteiger charge is 2.38. The van der Waals surface area contributed by atoms with E-state index in [1.165, 1.54) is 12.8 Å². The highest BCUT2D eigenvalue weighted by molar-refractivity contribution is 5.83. The summed E-state index contributed by atoms with van der Waals surface area (Å²) in [4.78, 5) is 25.3. The molecule has 0 spiro atoms. The minimum Gasteiger partial charge on any atom is -0.479 e. The molecule has 1 amide bonds. The molecule has 0 saturated carbocycles. The highest BCUT2D eigenvalue weighted by Crippen LogP contribution is 2.26. The fraction of sp³-hybridized carbons (Fsp3) is 0.857. The zero-order chi connectivity index (χ0) is 13.8. The molecule has 108 valence electrons. The molecule has 19 heavy (non-hydrogen) atoms. The van der Waals surface area contributed by atoms with Crippen molar-refractivity contribution in [3.8, 4) is 0 Å². The van der Waals surface area contributed by atoms with Gasteiger partial charge in [0.2, 0.25) is 0 Å². The van der Waals surface area contributed by atoms with E-state index in [1.807, 2.05) is 4.90 Å². The van der Waals surface area contributed by atoms with Crippen LogP contribution in [0, 0.1) is 0 Å². The van der Waals surface area contributed by atoms with Crippen molar-refractivity contribution in [2.45, 2.75) is 70.1 Å². The van der Waals surface area contributed by atoms with Crippen LogP contribution in [0.25, 0.3) is 0 Å². The Balaban J connectivity index is 1.99. The third-order valence-corrected chi connectivity index (χ3v) is 4.20. The Bertz CT molecular complexity index is 344. The Morgan fingerprint density at radius 3 is 2.53 bits per heavy atom. The molecule has 2 fully saturated rings. The molecule has 5 heteroatoms. The molecular weight excluding hydrogens is 246 g/mol. The lowest BCUT2D eigenvalue weighted by molar-refractivity contribution is -0.155. The van der Waals surface area contributed by atoms with Crippen molar-refractivity contribution in [2.24, 2.45) is 0 Å². The first-order chi connectivity index (χ1) is 9.13. The summed E-state index contributed by atoms with van der Waals surface area (Å²) in [7, 11) is 0. The first-order valence-corrected chi connectivity index (χ1v) is 7.32. The first-order valence-electron chi connectivity index (χ1n) is 7.32. The number of aliphatic carboxylic acids is 1. The van der Waals surface area contributed by atoms with E-state index in [4.69, 9.17) is 9.84 Å². The third-order valence-electron chi connectivity index (χ3n) is 4.20. The fourth-order valence-electron chi connectivity index (χ4n) is 3.08. The van der Waals surface area contributed by atoms with Gasteiger partial charge in [0.1, 0.15) is 6.10 Å². The molecule has 0 radical (unpaired) electrons. The maximum Gasteiger partial charge on any atom is 0.332 e. The van der Waals surface area contributed by atoms with Gasteiger partial charge in [-0.15, -0.1) is 0 Å². The summed E-state index contributed by atoms with van der Waals surface area (Å²) in [6, 6.07) is 0.294. The molecule has 1 unspecified atom stereocenters. The van der Waals surface area contributed by atoms with Crippen molar-refractivity contribution in [3.05, 3.63) is 0 Å². The molecule has 3 atom stereocenters. The van der Waals surface area contributed by atoms with Crippen molar-refractivity contribution in [1.82, 2.24) is 4.90 Å². The smallest absolute Gasteiger partial charge is 0.332 e. The predicted octanol–water partition coefficient (Wildman–Crippen LogP) is 1.80. The van der Waals surface area contributed by atoms with Gasteiger partial charge in [0.05, 0.1) is 0 Å². The number of rotatable bonds is 3. The second-order valence-corrected chi connectivity index (χ2v) is 5.47. The number of carbonyl (C=O) groups is 2. The number of hydrogen-bond donors (Lipinski definition) is 1. The molecule has 0 aromatic heterocycles. The monoisotopic (exact) mass is 269 g/mol. The average Bonchev–Trinajstić information content (AvgIpc) is 2.77. The summed E-state index contributed by atoms with van der Waals surface area (Å²) in [5, 5.41) is 8.92. The number of likely N-dealkylation sites (tertiary alicyclic amines) is 1. The molecule has 0 aliphatic carbocycles. The maximum atomic E-state index is 12.5. The Hall–Kier alpha value is -1.10. The number of nitrogens with zero attached hydrogens (tertiary/aromatic N) is 1. The van der Waals surface area contributed by atoms with Gasteiger partial charge in [-0.3, -0.25) is 4.79 Å². The van der Waals surface area contributed by atoms with Gasteiger partial charge in [0.25, 0.3) is 5.91 Å². The number of carboxylic acids is 1. The van der Waals surface area contributed by atoms with Crippen LogP contribution in [0.4, 0.5) is 0 Å². The highest BCUT2D eigenvalue weighted by atomic mass is 16.5. The van der Waals surface area contributed by atoms with Gasteiger partial charge in [-0.25, -0.2) is 4.79 Å². The molecule has 2 saturated heterocycles. The topological polar surface area (TPSA) is 66.8 Å². The zero-order valence-electron chi connectivity index (χ0n) is 11.5. The molecule has 1 N–H and O–H groups in total. The van der Waals surface area contributed by atoms with Crippen LogP contribution in [-0.2, 0) is 14.3 Å². The Morgan fingerprint density at radius 2 is 1.89 bits per heavy atom. The van der Waals surface area contributed by atoms with Crippen LogP contribution in [0.2, 0.25) is 0 Å². The van der Waals surface area contributed by atoms with E-state index < -0.39 is 18.2 Å². The molecule has 5 nitrogen and oxygen atoms in total. The van der Waals surface area contributed by atoms with E-state index in [1.54, 1.807) is 0 Å². The van der Waals surface area contributed by atoms with E-state index in [9.17, 15) is 9.59 Å². The summed E-state index contributed by atoms with van der Waals surface area (Å²) in [5.74, 6) is -0.962. The summed E-state index contributed by atoms with van der Waals surface area (Å²) in [6.45, 7) is 2.89. The Kier molecular flexibility index (Phi) is 4.80. The first kappa shape index (κ1) is 14.3. The second-order valence-electron chi connectivity index (χ2n) is 5.47. The molecule has 2 heterocycles. The van der Waals surface area contributed by atoms with Gasteiger partial charge in [-0.05, 0) is 32.1 Å². The van der Waals surface area contributed by atoms with Crippen molar-refractivity contribution in [3.63, 3.8) is 0 Å². The van der Waals surface area contributed by atoms with Crippen LogP contribution >= 0.6 is 0 Å². The van der Waals surface area contributed by atoms with E-state index in [0.717, 1.165) is 25.8 Å². The van der Waals surface area contributed by atoms with Crippen LogP contribution in [0.5, 0.6) is 0 Å². The number of ether oxygens (including phenoxy) is 1. The van der Waals surface area contributed by atoms with Crippen LogP contribution < -0.4 is 0 Å². The quantitative estimate of drug-likeness (QED) is 0.848. The Labute approximate surface area is 113 Å². The van der Waals surface area contributed by atoms with Gasteiger partial charge >= 0.3 is 5.97 Å². The van der Waals surface area contributed by atoms with E-state index in [0.29, 0.717) is 18.9 Å². The van der Waals surface area contributed by atoms with E-state index in [2.05, 4.69) is 6.92 Å². The van der Waals surface area contributed by atoms with Crippen LogP contribution in [-0.4, -0.2) is 46.7 Å². The second kappa shape index (κ2) is 6.37. The molecule has 2 rings (SSSR count). The minimum absolute atomic E-state index is 0.00231. The van der Waals surface area contributed by atoms with E-state index in [-0.39, 0.29) is 5.91 Å². The minimum atomic E-state index is -0.960. The van der Waals surface area contributed by atoms with Crippen molar-refractivity contribution in [2.75, 3.05) is 6.54 Å². The molecule has 0 aromatic carbocycles. The Morgan fingerprint density at radius 1 is 1.16 bits per heavy atom. The number of carbonyl (C=O) groups excluding carboxylic acids is 1. The summed E-state index contributed by atoms with van der Waals surface area (Å²) in [6.07, 6.45) is 5.01. The van der Waals surface area contributed by atoms with Crippen LogP contribution in [0.3, 0.4) is 0 Å². The summed E-state index contributed by atoms with van der Waals surface area (Å²) >= 11 is 0. The molecule has 0 bridgehead atoms. The predicted molar refractivity (Wildman–Crippen MR) is 69.8 cm³/mol. The van der Waals surface area contributed by atoms with Gasteiger partial charge in [0, 0.05) is 12.6 Å². The van der Waals surface area contributed by atoms with Crippen LogP contribution in [0.15, 0.2) is 0 Å². The molecular formula is C14H23NO4.